The van der Waals surface area contributed by atoms with Crippen LogP contribution >= 0.6 is 11.6 Å². The van der Waals surface area contributed by atoms with Gasteiger partial charge in [-0.1, -0.05) is 36.9 Å². The van der Waals surface area contributed by atoms with Crippen LogP contribution in [0, 0.1) is 0 Å². The molecule has 1 amide bonds. The Labute approximate surface area is 117 Å². The van der Waals surface area contributed by atoms with Crippen molar-refractivity contribution in [1.82, 2.24) is 0 Å². The molecule has 0 unspecified atom stereocenters. The lowest BCUT2D eigenvalue weighted by Gasteiger charge is -2.39. The van der Waals surface area contributed by atoms with Gasteiger partial charge in [-0.25, -0.2) is 8.42 Å². The van der Waals surface area contributed by atoms with E-state index in [9.17, 15) is 13.2 Å². The second kappa shape index (κ2) is 4.21. The third-order valence-corrected chi connectivity index (χ3v) is 6.95. The summed E-state index contributed by atoms with van der Waals surface area (Å²) in [7, 11) is -3.67. The largest absolute Gasteiger partial charge is 0.322 e. The first-order valence-electron chi connectivity index (χ1n) is 6.34. The fourth-order valence-electron chi connectivity index (χ4n) is 3.03. The van der Waals surface area contributed by atoms with Gasteiger partial charge >= 0.3 is 0 Å². The van der Waals surface area contributed by atoms with Crippen LogP contribution in [0.25, 0.3) is 0 Å². The van der Waals surface area contributed by atoms with E-state index < -0.39 is 20.5 Å². The van der Waals surface area contributed by atoms with Crippen molar-refractivity contribution in [3.8, 4) is 0 Å². The van der Waals surface area contributed by atoms with E-state index >= 15 is 0 Å². The van der Waals surface area contributed by atoms with Crippen LogP contribution in [0.3, 0.4) is 0 Å². The molecule has 19 heavy (non-hydrogen) atoms. The summed E-state index contributed by atoms with van der Waals surface area (Å²) in [4.78, 5) is 12.5. The van der Waals surface area contributed by atoms with E-state index in [4.69, 9.17) is 11.6 Å². The molecule has 1 N–H and O–H groups in total. The number of rotatable bonds is 0. The van der Waals surface area contributed by atoms with Crippen LogP contribution < -0.4 is 5.32 Å². The number of nitrogens with one attached hydrogen (secondary N) is 1. The molecule has 0 bridgehead atoms. The fourth-order valence-corrected chi connectivity index (χ4v) is 5.54. The number of carbonyl (C=O) groups excluding carboxylic acids is 1. The average molecular weight is 300 g/mol. The van der Waals surface area contributed by atoms with Gasteiger partial charge in [0, 0.05) is 0 Å². The SMILES string of the molecule is O=C1Nc2c(Cl)cccc2S(=O)(=O)C12CCCCC2. The van der Waals surface area contributed by atoms with Gasteiger partial charge in [0.1, 0.15) is 0 Å². The summed E-state index contributed by atoms with van der Waals surface area (Å²) in [5.74, 6) is -0.423. The molecule has 1 spiro atoms. The van der Waals surface area contributed by atoms with Crippen molar-refractivity contribution in [2.24, 2.45) is 0 Å². The van der Waals surface area contributed by atoms with Gasteiger partial charge in [-0.2, -0.15) is 0 Å². The van der Waals surface area contributed by atoms with Crippen molar-refractivity contribution in [2.45, 2.75) is 41.7 Å². The average Bonchev–Trinajstić information content (AvgIpc) is 2.40. The first kappa shape index (κ1) is 12.9. The van der Waals surface area contributed by atoms with Crippen LogP contribution in [-0.2, 0) is 14.6 Å². The van der Waals surface area contributed by atoms with Crippen molar-refractivity contribution < 1.29 is 13.2 Å². The monoisotopic (exact) mass is 299 g/mol. The Kier molecular flexibility index (Phi) is 2.87. The molecule has 102 valence electrons. The third-order valence-electron chi connectivity index (χ3n) is 4.09. The number of benzene rings is 1. The molecule has 0 saturated heterocycles. The van der Waals surface area contributed by atoms with E-state index in [1.54, 1.807) is 12.1 Å². The van der Waals surface area contributed by atoms with Gasteiger partial charge in [0.25, 0.3) is 0 Å². The van der Waals surface area contributed by atoms with Crippen LogP contribution in [0.15, 0.2) is 23.1 Å². The van der Waals surface area contributed by atoms with E-state index in [-0.39, 0.29) is 15.6 Å². The van der Waals surface area contributed by atoms with Crippen LogP contribution in [0.4, 0.5) is 5.69 Å². The number of para-hydroxylation sites is 1. The van der Waals surface area contributed by atoms with Crippen LogP contribution in [0.2, 0.25) is 5.02 Å². The van der Waals surface area contributed by atoms with Crippen LogP contribution in [0.1, 0.15) is 32.1 Å². The van der Waals surface area contributed by atoms with Gasteiger partial charge in [-0.05, 0) is 25.0 Å². The molecular weight excluding hydrogens is 286 g/mol. The first-order chi connectivity index (χ1) is 8.99. The number of carbonyl (C=O) groups is 1. The maximum atomic E-state index is 12.8. The Hall–Kier alpha value is -1.07. The predicted molar refractivity (Wildman–Crippen MR) is 73.1 cm³/mol. The van der Waals surface area contributed by atoms with Gasteiger partial charge < -0.3 is 5.32 Å². The highest BCUT2D eigenvalue weighted by Gasteiger charge is 2.55. The number of anilines is 1. The molecule has 1 heterocycles. The maximum absolute atomic E-state index is 12.8. The van der Waals surface area contributed by atoms with Crippen molar-refractivity contribution in [3.63, 3.8) is 0 Å². The van der Waals surface area contributed by atoms with Crippen molar-refractivity contribution in [3.05, 3.63) is 23.2 Å². The standard InChI is InChI=1S/C13H14ClNO3S/c14-9-5-4-6-10-11(9)15-12(16)13(19(10,17)18)7-2-1-3-8-13/h4-6H,1-3,7-8H2,(H,15,16). The molecule has 1 fully saturated rings. The number of sulfone groups is 1. The molecular formula is C13H14ClNO3S. The lowest BCUT2D eigenvalue weighted by atomic mass is 9.87. The minimum Gasteiger partial charge on any atom is -0.322 e. The zero-order valence-electron chi connectivity index (χ0n) is 10.3. The van der Waals surface area contributed by atoms with Crippen molar-refractivity contribution >= 4 is 33.0 Å². The third kappa shape index (κ3) is 1.64. The summed E-state index contributed by atoms with van der Waals surface area (Å²) in [6.45, 7) is 0. The Morgan fingerprint density at radius 1 is 1.16 bits per heavy atom. The van der Waals surface area contributed by atoms with Gasteiger partial charge in [0.15, 0.2) is 14.6 Å². The number of hydrogen-bond donors (Lipinski definition) is 1. The molecule has 3 rings (SSSR count). The molecule has 6 heteroatoms. The first-order valence-corrected chi connectivity index (χ1v) is 8.20. The summed E-state index contributed by atoms with van der Waals surface area (Å²) >= 11 is 5.98. The lowest BCUT2D eigenvalue weighted by Crippen LogP contribution is -2.53. The van der Waals surface area contributed by atoms with E-state index in [1.165, 1.54) is 6.07 Å². The highest BCUT2D eigenvalue weighted by atomic mass is 35.5. The zero-order chi connectivity index (χ0) is 13.7. The molecule has 1 aliphatic heterocycles. The minimum absolute atomic E-state index is 0.154. The summed E-state index contributed by atoms with van der Waals surface area (Å²) in [5.41, 5.74) is 0.227. The minimum atomic E-state index is -3.67. The van der Waals surface area contributed by atoms with Crippen molar-refractivity contribution in [2.75, 3.05) is 5.32 Å². The predicted octanol–water partition coefficient (Wildman–Crippen LogP) is 2.77. The molecule has 1 aromatic rings. The van der Waals surface area contributed by atoms with Crippen LogP contribution in [-0.4, -0.2) is 19.1 Å². The molecule has 1 saturated carbocycles. The second-order valence-corrected chi connectivity index (χ2v) is 7.76. The Morgan fingerprint density at radius 2 is 1.84 bits per heavy atom. The van der Waals surface area contributed by atoms with E-state index in [2.05, 4.69) is 5.32 Å². The summed E-state index contributed by atoms with van der Waals surface area (Å²) in [6, 6.07) is 4.70. The van der Waals surface area contributed by atoms with Gasteiger partial charge in [-0.3, -0.25) is 4.79 Å². The smallest absolute Gasteiger partial charge is 0.246 e. The van der Waals surface area contributed by atoms with Gasteiger partial charge in [0.05, 0.1) is 15.6 Å². The number of halogens is 1. The van der Waals surface area contributed by atoms with E-state index in [0.717, 1.165) is 19.3 Å². The van der Waals surface area contributed by atoms with Crippen LogP contribution in [0.5, 0.6) is 0 Å². The highest BCUT2D eigenvalue weighted by molar-refractivity contribution is 7.94. The quantitative estimate of drug-likeness (QED) is 0.801. The number of fused-ring (bicyclic) bond motifs is 1. The van der Waals surface area contributed by atoms with E-state index in [1.807, 2.05) is 0 Å². The highest BCUT2D eigenvalue weighted by Crippen LogP contribution is 2.46. The molecule has 0 aromatic heterocycles. The fraction of sp³-hybridized carbons (Fsp3) is 0.462. The summed E-state index contributed by atoms with van der Waals surface area (Å²) in [5, 5.41) is 2.96. The Morgan fingerprint density at radius 3 is 2.53 bits per heavy atom. The molecule has 0 atom stereocenters. The zero-order valence-corrected chi connectivity index (χ0v) is 11.9. The number of amides is 1. The Balaban J connectivity index is 2.25. The lowest BCUT2D eigenvalue weighted by molar-refractivity contribution is -0.119. The topological polar surface area (TPSA) is 63.2 Å². The second-order valence-electron chi connectivity index (χ2n) is 5.13. The molecule has 4 nitrogen and oxygen atoms in total. The van der Waals surface area contributed by atoms with Crippen molar-refractivity contribution in [1.29, 1.82) is 0 Å². The normalized spacial score (nSPS) is 23.7. The number of hydrogen-bond acceptors (Lipinski definition) is 3. The maximum Gasteiger partial charge on any atom is 0.246 e. The molecule has 1 aliphatic carbocycles. The summed E-state index contributed by atoms with van der Waals surface area (Å²) < 4.78 is 24.4. The molecule has 1 aromatic carbocycles. The van der Waals surface area contributed by atoms with Gasteiger partial charge in [-0.15, -0.1) is 0 Å². The molecule has 2 aliphatic rings. The van der Waals surface area contributed by atoms with E-state index in [0.29, 0.717) is 12.8 Å². The Bertz CT molecular complexity index is 648. The molecule has 0 radical (unpaired) electrons. The summed E-state index contributed by atoms with van der Waals surface area (Å²) in [6.07, 6.45) is 3.30. The van der Waals surface area contributed by atoms with Gasteiger partial charge in [0.2, 0.25) is 5.91 Å².